The molecule has 1 aliphatic carbocycles. The lowest BCUT2D eigenvalue weighted by atomic mass is 10.1. The zero-order valence-corrected chi connectivity index (χ0v) is 19.6. The van der Waals surface area contributed by atoms with Gasteiger partial charge in [-0.3, -0.25) is 4.79 Å². The highest BCUT2D eigenvalue weighted by Gasteiger charge is 2.28. The zero-order chi connectivity index (χ0) is 22.2. The number of nitrogens with zero attached hydrogens (tertiary/aromatic N) is 5. The van der Waals surface area contributed by atoms with E-state index in [-0.39, 0.29) is 5.91 Å². The monoisotopic (exact) mass is 451 g/mol. The van der Waals surface area contributed by atoms with Crippen LogP contribution in [0.25, 0.3) is 0 Å². The highest BCUT2D eigenvalue weighted by Crippen LogP contribution is 2.40. The number of aromatic nitrogens is 1. The lowest BCUT2D eigenvalue weighted by Gasteiger charge is -2.36. The van der Waals surface area contributed by atoms with Crippen LogP contribution < -0.4 is 9.80 Å². The van der Waals surface area contributed by atoms with Gasteiger partial charge in [0.2, 0.25) is 0 Å². The number of benzene rings is 1. The minimum Gasteiger partial charge on any atom is -0.359 e. The minimum atomic E-state index is 0.0634. The molecule has 0 unspecified atom stereocenters. The molecule has 2 aromatic rings. The molecule has 0 spiro atoms. The lowest BCUT2D eigenvalue weighted by Crippen LogP contribution is -2.49. The summed E-state index contributed by atoms with van der Waals surface area (Å²) in [5, 5.41) is 0.640. The largest absolute Gasteiger partial charge is 0.359 e. The van der Waals surface area contributed by atoms with Crippen LogP contribution in [0.4, 0.5) is 11.5 Å². The summed E-state index contributed by atoms with van der Waals surface area (Å²) in [6, 6.07) is 7.85. The average Bonchev–Trinajstić information content (AvgIpc) is 3.55. The first kappa shape index (κ1) is 21.1. The van der Waals surface area contributed by atoms with E-state index in [2.05, 4.69) is 40.8 Å². The molecule has 7 heteroatoms. The summed E-state index contributed by atoms with van der Waals surface area (Å²) >= 11 is 6.29. The minimum absolute atomic E-state index is 0.0634. The van der Waals surface area contributed by atoms with Crippen molar-refractivity contribution in [3.8, 4) is 0 Å². The van der Waals surface area contributed by atoms with Crippen LogP contribution in [-0.4, -0.2) is 60.1 Å². The Bertz CT molecular complexity index is 1040. The molecular weight excluding hydrogens is 422 g/mol. The van der Waals surface area contributed by atoms with Gasteiger partial charge in [0.1, 0.15) is 5.82 Å². The molecule has 0 bridgehead atoms. The van der Waals surface area contributed by atoms with Crippen LogP contribution in [0.1, 0.15) is 47.2 Å². The van der Waals surface area contributed by atoms with Crippen LogP contribution in [-0.2, 0) is 0 Å². The summed E-state index contributed by atoms with van der Waals surface area (Å²) in [4.78, 5) is 26.8. The van der Waals surface area contributed by atoms with E-state index in [0.29, 0.717) is 29.6 Å². The molecule has 2 fully saturated rings. The predicted molar refractivity (Wildman–Crippen MR) is 129 cm³/mol. The van der Waals surface area contributed by atoms with Gasteiger partial charge in [-0.15, -0.1) is 0 Å². The van der Waals surface area contributed by atoms with E-state index >= 15 is 0 Å². The first-order chi connectivity index (χ1) is 15.5. The predicted octanol–water partition coefficient (Wildman–Crippen LogP) is 4.45. The molecule has 168 valence electrons. The SMILES string of the molecule is CCN1C=CN(c2cc(Cl)ccc2C(=O)N2CCN(c3ncc(C4CC4)cc3C)CC2)C1. The first-order valence-electron chi connectivity index (χ1n) is 11.5. The maximum absolute atomic E-state index is 13.5. The third-order valence-corrected chi connectivity index (χ3v) is 6.92. The second-order valence-electron chi connectivity index (χ2n) is 8.94. The Kier molecular flexibility index (Phi) is 5.72. The van der Waals surface area contributed by atoms with Gasteiger partial charge in [-0.25, -0.2) is 4.98 Å². The normalized spacial score (nSPS) is 18.6. The van der Waals surface area contributed by atoms with Crippen molar-refractivity contribution >= 4 is 29.0 Å². The maximum Gasteiger partial charge on any atom is 0.256 e. The molecule has 3 aliphatic rings. The number of carbonyl (C=O) groups excluding carboxylic acids is 1. The number of hydrogen-bond donors (Lipinski definition) is 0. The third-order valence-electron chi connectivity index (χ3n) is 6.68. The van der Waals surface area contributed by atoms with Gasteiger partial charge in [0.05, 0.1) is 17.9 Å². The van der Waals surface area contributed by atoms with Gasteiger partial charge in [0.15, 0.2) is 0 Å². The number of carbonyl (C=O) groups is 1. The molecule has 1 saturated carbocycles. The van der Waals surface area contributed by atoms with Gasteiger partial charge >= 0.3 is 0 Å². The zero-order valence-electron chi connectivity index (χ0n) is 18.8. The molecule has 3 heterocycles. The summed E-state index contributed by atoms with van der Waals surface area (Å²) in [6.45, 7) is 8.87. The fourth-order valence-corrected chi connectivity index (χ4v) is 4.77. The van der Waals surface area contributed by atoms with Crippen molar-refractivity contribution < 1.29 is 4.79 Å². The Morgan fingerprint density at radius 1 is 1.12 bits per heavy atom. The molecule has 1 aromatic carbocycles. The van der Waals surface area contributed by atoms with Crippen molar-refractivity contribution in [2.24, 2.45) is 0 Å². The van der Waals surface area contributed by atoms with Gasteiger partial charge in [0, 0.05) is 56.3 Å². The molecule has 0 N–H and O–H groups in total. The number of amides is 1. The Labute approximate surface area is 195 Å². The van der Waals surface area contributed by atoms with Gasteiger partial charge in [-0.2, -0.15) is 0 Å². The number of pyridine rings is 1. The summed E-state index contributed by atoms with van der Waals surface area (Å²) in [5.74, 6) is 1.83. The molecule has 5 rings (SSSR count). The maximum atomic E-state index is 13.5. The van der Waals surface area contributed by atoms with Crippen LogP contribution in [0.3, 0.4) is 0 Å². The molecule has 1 amide bonds. The van der Waals surface area contributed by atoms with Crippen molar-refractivity contribution in [1.82, 2.24) is 14.8 Å². The molecule has 0 radical (unpaired) electrons. The number of halogens is 1. The Morgan fingerprint density at radius 3 is 2.56 bits per heavy atom. The van der Waals surface area contributed by atoms with Gasteiger partial charge in [-0.05, 0) is 61.9 Å². The standard InChI is InChI=1S/C25H30ClN5O/c1-3-28-8-9-31(17-28)23-15-21(26)6-7-22(23)25(32)30-12-10-29(11-13-30)24-18(2)14-20(16-27-24)19-4-5-19/h6-9,14-16,19H,3-5,10-13,17H2,1-2H3. The van der Waals surface area contributed by atoms with Crippen LogP contribution in [0.2, 0.25) is 5.02 Å². The van der Waals surface area contributed by atoms with E-state index in [1.165, 1.54) is 24.0 Å². The van der Waals surface area contributed by atoms with E-state index in [1.54, 1.807) is 6.07 Å². The van der Waals surface area contributed by atoms with Crippen molar-refractivity contribution in [2.45, 2.75) is 32.6 Å². The second-order valence-corrected chi connectivity index (χ2v) is 9.37. The van der Waals surface area contributed by atoms with Crippen LogP contribution in [0, 0.1) is 6.92 Å². The summed E-state index contributed by atoms with van der Waals surface area (Å²) in [7, 11) is 0. The number of anilines is 2. The molecule has 0 atom stereocenters. The Hall–Kier alpha value is -2.73. The van der Waals surface area contributed by atoms with E-state index in [0.717, 1.165) is 37.8 Å². The van der Waals surface area contributed by atoms with Crippen LogP contribution >= 0.6 is 11.6 Å². The van der Waals surface area contributed by atoms with Crippen molar-refractivity contribution in [3.05, 3.63) is 64.6 Å². The molecule has 6 nitrogen and oxygen atoms in total. The number of rotatable bonds is 5. The van der Waals surface area contributed by atoms with E-state index in [9.17, 15) is 4.79 Å². The highest BCUT2D eigenvalue weighted by atomic mass is 35.5. The molecule has 2 aliphatic heterocycles. The van der Waals surface area contributed by atoms with Gasteiger partial charge in [0.25, 0.3) is 5.91 Å². The van der Waals surface area contributed by atoms with Crippen LogP contribution in [0.15, 0.2) is 42.9 Å². The van der Waals surface area contributed by atoms with E-state index < -0.39 is 0 Å². The molecular formula is C25H30ClN5O. The summed E-state index contributed by atoms with van der Waals surface area (Å²) in [6.07, 6.45) is 8.69. The number of hydrogen-bond acceptors (Lipinski definition) is 5. The van der Waals surface area contributed by atoms with E-state index in [4.69, 9.17) is 16.6 Å². The summed E-state index contributed by atoms with van der Waals surface area (Å²) < 4.78 is 0. The number of piperazine rings is 1. The fourth-order valence-electron chi connectivity index (χ4n) is 4.60. The Balaban J connectivity index is 1.28. The molecule has 1 aromatic heterocycles. The van der Waals surface area contributed by atoms with Gasteiger partial charge in [-0.1, -0.05) is 17.7 Å². The third kappa shape index (κ3) is 4.16. The quantitative estimate of drug-likeness (QED) is 0.671. The Morgan fingerprint density at radius 2 is 1.91 bits per heavy atom. The van der Waals surface area contributed by atoms with Crippen molar-refractivity contribution in [1.29, 1.82) is 0 Å². The first-order valence-corrected chi connectivity index (χ1v) is 11.9. The highest BCUT2D eigenvalue weighted by molar-refractivity contribution is 6.31. The van der Waals surface area contributed by atoms with Crippen molar-refractivity contribution in [2.75, 3.05) is 49.2 Å². The molecule has 32 heavy (non-hydrogen) atoms. The summed E-state index contributed by atoms with van der Waals surface area (Å²) in [5.41, 5.74) is 4.17. The fraction of sp³-hybridized carbons (Fsp3) is 0.440. The smallest absolute Gasteiger partial charge is 0.256 e. The number of aryl methyl sites for hydroxylation is 1. The second kappa shape index (κ2) is 8.66. The topological polar surface area (TPSA) is 42.9 Å². The van der Waals surface area contributed by atoms with E-state index in [1.807, 2.05) is 29.4 Å². The van der Waals surface area contributed by atoms with Gasteiger partial charge < -0.3 is 19.6 Å². The molecule has 1 saturated heterocycles. The van der Waals surface area contributed by atoms with Crippen LogP contribution in [0.5, 0.6) is 0 Å². The average molecular weight is 452 g/mol. The lowest BCUT2D eigenvalue weighted by molar-refractivity contribution is 0.0747. The van der Waals surface area contributed by atoms with Crippen molar-refractivity contribution in [3.63, 3.8) is 0 Å².